The molecule has 5 nitrogen and oxygen atoms in total. The molecule has 3 aromatic carbocycles. The van der Waals surface area contributed by atoms with Crippen LogP contribution in [0.5, 0.6) is 0 Å². The molecular weight excluding hydrogens is 488 g/mol. The fraction of sp³-hybridized carbons (Fsp3) is 0.138. The van der Waals surface area contributed by atoms with Crippen molar-refractivity contribution < 1.29 is 14.7 Å². The molecule has 1 aliphatic heterocycles. The Hall–Kier alpha value is -3.81. The summed E-state index contributed by atoms with van der Waals surface area (Å²) in [6.45, 7) is 4.26. The van der Waals surface area contributed by atoms with Gasteiger partial charge >= 0.3 is 5.91 Å². The topological polar surface area (TPSA) is 70.5 Å². The van der Waals surface area contributed by atoms with Crippen LogP contribution >= 0.6 is 22.7 Å². The number of thiophene rings is 1. The maximum atomic E-state index is 13.4. The molecule has 1 amide bonds. The summed E-state index contributed by atoms with van der Waals surface area (Å²) in [6.07, 6.45) is 0. The molecule has 3 heterocycles. The molecule has 1 N–H and O–H groups in total. The number of fused-ring (bicyclic) bond motifs is 2. The van der Waals surface area contributed by atoms with E-state index in [0.29, 0.717) is 16.6 Å². The number of anilines is 1. The predicted octanol–water partition coefficient (Wildman–Crippen LogP) is 7.26. The van der Waals surface area contributed by atoms with Crippen molar-refractivity contribution in [1.82, 2.24) is 4.98 Å². The van der Waals surface area contributed by atoms with Gasteiger partial charge in [-0.2, -0.15) is 0 Å². The van der Waals surface area contributed by atoms with E-state index in [2.05, 4.69) is 19.9 Å². The number of carbonyl (C=O) groups excluding carboxylic acids is 2. The maximum Gasteiger partial charge on any atom is 0.301 e. The number of benzene rings is 3. The number of aromatic nitrogens is 1. The Kier molecular flexibility index (Phi) is 5.47. The van der Waals surface area contributed by atoms with Gasteiger partial charge < -0.3 is 5.11 Å². The SMILES string of the molecule is CC(C)c1ccc2nc(N3C(=O)C(=O)/C(=C(/O)c4ccc5ccccc5c4)C3c3cccs3)sc2c1. The Morgan fingerprint density at radius 2 is 1.78 bits per heavy atom. The van der Waals surface area contributed by atoms with Gasteiger partial charge in [-0.1, -0.05) is 73.7 Å². The van der Waals surface area contributed by atoms with E-state index in [9.17, 15) is 14.7 Å². The Bertz CT molecular complexity index is 1680. The summed E-state index contributed by atoms with van der Waals surface area (Å²) in [6, 6.07) is 22.4. The molecule has 178 valence electrons. The van der Waals surface area contributed by atoms with Gasteiger partial charge in [-0.3, -0.25) is 14.5 Å². The number of rotatable bonds is 4. The van der Waals surface area contributed by atoms with Crippen molar-refractivity contribution in [3.05, 3.63) is 99.8 Å². The average molecular weight is 511 g/mol. The van der Waals surface area contributed by atoms with Gasteiger partial charge in [0, 0.05) is 10.4 Å². The number of ketones is 1. The molecule has 0 saturated carbocycles. The quantitative estimate of drug-likeness (QED) is 0.157. The predicted molar refractivity (Wildman–Crippen MR) is 147 cm³/mol. The molecule has 1 fully saturated rings. The fourth-order valence-electron chi connectivity index (χ4n) is 4.63. The third-order valence-electron chi connectivity index (χ3n) is 6.55. The van der Waals surface area contributed by atoms with Crippen LogP contribution in [0.4, 0.5) is 5.13 Å². The second kappa shape index (κ2) is 8.69. The van der Waals surface area contributed by atoms with Gasteiger partial charge in [-0.05, 0) is 51.9 Å². The van der Waals surface area contributed by atoms with E-state index >= 15 is 0 Å². The lowest BCUT2D eigenvalue weighted by Gasteiger charge is -2.21. The summed E-state index contributed by atoms with van der Waals surface area (Å²) < 4.78 is 0.956. The van der Waals surface area contributed by atoms with Crippen LogP contribution in [0.3, 0.4) is 0 Å². The van der Waals surface area contributed by atoms with Crippen LogP contribution in [-0.2, 0) is 9.59 Å². The molecule has 0 bridgehead atoms. The molecule has 1 unspecified atom stereocenters. The Morgan fingerprint density at radius 1 is 0.972 bits per heavy atom. The van der Waals surface area contributed by atoms with Gasteiger partial charge in [0.25, 0.3) is 5.78 Å². The van der Waals surface area contributed by atoms with E-state index in [-0.39, 0.29) is 11.3 Å². The number of aliphatic hydroxyl groups excluding tert-OH is 1. The highest BCUT2D eigenvalue weighted by Crippen LogP contribution is 2.45. The summed E-state index contributed by atoms with van der Waals surface area (Å²) in [7, 11) is 0. The summed E-state index contributed by atoms with van der Waals surface area (Å²) in [4.78, 5) is 33.8. The summed E-state index contributed by atoms with van der Waals surface area (Å²) >= 11 is 2.83. The molecule has 7 heteroatoms. The lowest BCUT2D eigenvalue weighted by molar-refractivity contribution is -0.132. The van der Waals surface area contributed by atoms with Crippen molar-refractivity contribution in [2.75, 3.05) is 4.90 Å². The number of aliphatic hydroxyl groups is 1. The van der Waals surface area contributed by atoms with Crippen molar-refractivity contribution in [3.63, 3.8) is 0 Å². The van der Waals surface area contributed by atoms with E-state index in [1.165, 1.54) is 33.1 Å². The number of amides is 1. The van der Waals surface area contributed by atoms with Gasteiger partial charge in [-0.15, -0.1) is 11.3 Å². The first-order valence-corrected chi connectivity index (χ1v) is 13.4. The zero-order chi connectivity index (χ0) is 25.0. The molecule has 0 spiro atoms. The van der Waals surface area contributed by atoms with Crippen LogP contribution in [0.1, 0.15) is 41.8 Å². The van der Waals surface area contributed by atoms with Crippen molar-refractivity contribution in [1.29, 1.82) is 0 Å². The number of nitrogens with zero attached hydrogens (tertiary/aromatic N) is 2. The number of hydrogen-bond donors (Lipinski definition) is 1. The van der Waals surface area contributed by atoms with Gasteiger partial charge in [0.05, 0.1) is 15.8 Å². The van der Waals surface area contributed by atoms with Crippen LogP contribution < -0.4 is 4.90 Å². The van der Waals surface area contributed by atoms with Crippen molar-refractivity contribution in [2.24, 2.45) is 0 Å². The molecule has 1 aliphatic rings. The van der Waals surface area contributed by atoms with Gasteiger partial charge in [-0.25, -0.2) is 4.98 Å². The van der Waals surface area contributed by atoms with Crippen LogP contribution in [0.2, 0.25) is 0 Å². The second-order valence-corrected chi connectivity index (χ2v) is 11.1. The first-order chi connectivity index (χ1) is 17.4. The molecule has 0 radical (unpaired) electrons. The Labute approximate surface area is 216 Å². The maximum absolute atomic E-state index is 13.4. The highest BCUT2D eigenvalue weighted by atomic mass is 32.1. The highest BCUT2D eigenvalue weighted by molar-refractivity contribution is 7.22. The minimum absolute atomic E-state index is 0.0832. The monoisotopic (exact) mass is 510 g/mol. The zero-order valence-corrected chi connectivity index (χ0v) is 21.3. The van der Waals surface area contributed by atoms with Gasteiger partial charge in [0.15, 0.2) is 5.13 Å². The Balaban J connectivity index is 1.52. The molecule has 1 saturated heterocycles. The summed E-state index contributed by atoms with van der Waals surface area (Å²) in [5.74, 6) is -1.20. The smallest absolute Gasteiger partial charge is 0.301 e. The third-order valence-corrected chi connectivity index (χ3v) is 8.50. The van der Waals surface area contributed by atoms with Crippen LogP contribution in [0.15, 0.2) is 83.7 Å². The average Bonchev–Trinajstić information content (AvgIpc) is 3.61. The number of carbonyl (C=O) groups is 2. The fourth-order valence-corrected chi connectivity index (χ4v) is 6.49. The molecule has 5 aromatic rings. The van der Waals surface area contributed by atoms with Crippen molar-refractivity contribution in [3.8, 4) is 0 Å². The molecule has 1 atom stereocenters. The van der Waals surface area contributed by atoms with Crippen molar-refractivity contribution >= 4 is 66.2 Å². The van der Waals surface area contributed by atoms with Crippen LogP contribution in [0, 0.1) is 0 Å². The number of Topliss-reactive ketones (excluding diaryl/α,β-unsaturated/α-hetero) is 1. The Morgan fingerprint density at radius 3 is 2.53 bits per heavy atom. The third kappa shape index (κ3) is 3.63. The molecule has 0 aliphatic carbocycles. The zero-order valence-electron chi connectivity index (χ0n) is 19.6. The van der Waals surface area contributed by atoms with E-state index < -0.39 is 17.7 Å². The largest absolute Gasteiger partial charge is 0.507 e. The van der Waals surface area contributed by atoms with E-state index in [1.807, 2.05) is 66.0 Å². The lowest BCUT2D eigenvalue weighted by atomic mass is 9.98. The van der Waals surface area contributed by atoms with E-state index in [0.717, 1.165) is 25.9 Å². The van der Waals surface area contributed by atoms with Crippen LogP contribution in [0.25, 0.3) is 26.7 Å². The molecule has 6 rings (SSSR count). The van der Waals surface area contributed by atoms with Crippen molar-refractivity contribution in [2.45, 2.75) is 25.8 Å². The van der Waals surface area contributed by atoms with Gasteiger partial charge in [0.2, 0.25) is 0 Å². The number of hydrogen-bond acceptors (Lipinski definition) is 6. The summed E-state index contributed by atoms with van der Waals surface area (Å²) in [5.41, 5.74) is 2.55. The first kappa shape index (κ1) is 22.6. The lowest BCUT2D eigenvalue weighted by Crippen LogP contribution is -2.28. The molecule has 36 heavy (non-hydrogen) atoms. The van der Waals surface area contributed by atoms with Gasteiger partial charge in [0.1, 0.15) is 11.8 Å². The first-order valence-electron chi connectivity index (χ1n) is 11.7. The summed E-state index contributed by atoms with van der Waals surface area (Å²) in [5, 5.41) is 15.7. The normalized spacial score (nSPS) is 17.6. The minimum atomic E-state index is -0.749. The van der Waals surface area contributed by atoms with E-state index in [1.54, 1.807) is 6.07 Å². The standard InChI is InChI=1S/C29H22N2O3S2/c1-16(2)18-11-12-21-23(15-18)36-29(30-21)31-25(22-8-5-13-35-22)24(27(33)28(31)34)26(32)20-10-9-17-6-3-4-7-19(17)14-20/h3-16,25,32H,1-2H3/b26-24+. The van der Waals surface area contributed by atoms with E-state index in [4.69, 9.17) is 4.98 Å². The molecule has 2 aromatic heterocycles. The highest BCUT2D eigenvalue weighted by Gasteiger charge is 2.48. The second-order valence-electron chi connectivity index (χ2n) is 9.12. The number of thiazole rings is 1. The minimum Gasteiger partial charge on any atom is -0.507 e. The van der Waals surface area contributed by atoms with Crippen LogP contribution in [-0.4, -0.2) is 21.8 Å². The molecular formula is C29H22N2O3S2.